The number of nitrogens with one attached hydrogen (secondary N) is 1. The molecule has 120 valence electrons. The lowest BCUT2D eigenvalue weighted by molar-refractivity contribution is -0.122. The van der Waals surface area contributed by atoms with E-state index >= 15 is 0 Å². The standard InChI is InChI=1S/C19H20ClNO2/c1-13(19(22)21-17-8-4-7-16(20)12-17)23-18-10-9-14-5-2-3-6-15(14)11-18/h4,7-13H,2-3,5-6H2,1H3,(H,21,22)/t13-/m0/s1. The fourth-order valence-electron chi connectivity index (χ4n) is 2.85. The van der Waals surface area contributed by atoms with E-state index < -0.39 is 6.10 Å². The second kappa shape index (κ2) is 7.05. The quantitative estimate of drug-likeness (QED) is 0.888. The highest BCUT2D eigenvalue weighted by molar-refractivity contribution is 6.30. The van der Waals surface area contributed by atoms with E-state index in [1.54, 1.807) is 31.2 Å². The number of hydrogen-bond acceptors (Lipinski definition) is 2. The van der Waals surface area contributed by atoms with Gasteiger partial charge >= 0.3 is 0 Å². The van der Waals surface area contributed by atoms with Crippen LogP contribution in [0.2, 0.25) is 5.02 Å². The monoisotopic (exact) mass is 329 g/mol. The van der Waals surface area contributed by atoms with Gasteiger partial charge in [-0.2, -0.15) is 0 Å². The molecule has 1 amide bonds. The van der Waals surface area contributed by atoms with E-state index in [1.165, 1.54) is 24.0 Å². The number of amides is 1. The van der Waals surface area contributed by atoms with Crippen LogP contribution < -0.4 is 10.1 Å². The lowest BCUT2D eigenvalue weighted by Crippen LogP contribution is -2.30. The first-order valence-electron chi connectivity index (χ1n) is 7.97. The highest BCUT2D eigenvalue weighted by Gasteiger charge is 2.16. The molecule has 0 heterocycles. The minimum absolute atomic E-state index is 0.190. The van der Waals surface area contributed by atoms with Gasteiger partial charge in [-0.25, -0.2) is 0 Å². The molecule has 0 saturated heterocycles. The Morgan fingerprint density at radius 2 is 1.91 bits per heavy atom. The van der Waals surface area contributed by atoms with Crippen molar-refractivity contribution >= 4 is 23.2 Å². The van der Waals surface area contributed by atoms with Crippen LogP contribution in [0.1, 0.15) is 30.9 Å². The van der Waals surface area contributed by atoms with Gasteiger partial charge in [0.1, 0.15) is 5.75 Å². The van der Waals surface area contributed by atoms with Crippen LogP contribution in [-0.4, -0.2) is 12.0 Å². The molecule has 1 aliphatic carbocycles. The van der Waals surface area contributed by atoms with Gasteiger partial charge in [-0.15, -0.1) is 0 Å². The third kappa shape index (κ3) is 4.05. The molecular weight excluding hydrogens is 310 g/mol. The number of hydrogen-bond donors (Lipinski definition) is 1. The van der Waals surface area contributed by atoms with Crippen molar-refractivity contribution in [3.8, 4) is 5.75 Å². The molecule has 23 heavy (non-hydrogen) atoms. The Balaban J connectivity index is 1.64. The predicted molar refractivity (Wildman–Crippen MR) is 93.3 cm³/mol. The summed E-state index contributed by atoms with van der Waals surface area (Å²) in [5.74, 6) is 0.560. The van der Waals surface area contributed by atoms with Gasteiger partial charge in [-0.3, -0.25) is 4.79 Å². The van der Waals surface area contributed by atoms with Crippen LogP contribution in [0.5, 0.6) is 5.75 Å². The largest absolute Gasteiger partial charge is 0.481 e. The smallest absolute Gasteiger partial charge is 0.265 e. The molecular formula is C19H20ClNO2. The molecule has 0 fully saturated rings. The molecule has 2 aromatic carbocycles. The maximum Gasteiger partial charge on any atom is 0.265 e. The molecule has 0 spiro atoms. The fourth-order valence-corrected chi connectivity index (χ4v) is 3.04. The first-order chi connectivity index (χ1) is 11.1. The highest BCUT2D eigenvalue weighted by atomic mass is 35.5. The number of ether oxygens (including phenoxy) is 1. The van der Waals surface area contributed by atoms with E-state index in [1.807, 2.05) is 6.07 Å². The van der Waals surface area contributed by atoms with Gasteiger partial charge in [0.25, 0.3) is 5.91 Å². The number of carbonyl (C=O) groups excluding carboxylic acids is 1. The Hall–Kier alpha value is -2.00. The van der Waals surface area contributed by atoms with Crippen molar-refractivity contribution in [1.82, 2.24) is 0 Å². The highest BCUT2D eigenvalue weighted by Crippen LogP contribution is 2.26. The summed E-state index contributed by atoms with van der Waals surface area (Å²) in [6.07, 6.45) is 4.14. The van der Waals surface area contributed by atoms with Crippen LogP contribution in [-0.2, 0) is 17.6 Å². The number of rotatable bonds is 4. The molecule has 1 atom stereocenters. The summed E-state index contributed by atoms with van der Waals surface area (Å²) in [6.45, 7) is 1.75. The van der Waals surface area contributed by atoms with Crippen LogP contribution in [0.4, 0.5) is 5.69 Å². The number of anilines is 1. The first-order valence-corrected chi connectivity index (χ1v) is 8.34. The van der Waals surface area contributed by atoms with Crippen molar-refractivity contribution in [2.75, 3.05) is 5.32 Å². The average molecular weight is 330 g/mol. The number of carbonyl (C=O) groups is 1. The zero-order valence-corrected chi connectivity index (χ0v) is 13.9. The molecule has 2 aromatic rings. The van der Waals surface area contributed by atoms with E-state index in [4.69, 9.17) is 16.3 Å². The van der Waals surface area contributed by atoms with E-state index in [2.05, 4.69) is 17.4 Å². The van der Waals surface area contributed by atoms with Crippen molar-refractivity contribution in [2.45, 2.75) is 38.7 Å². The minimum Gasteiger partial charge on any atom is -0.481 e. The predicted octanol–water partition coefficient (Wildman–Crippen LogP) is 4.62. The Bertz CT molecular complexity index is 714. The van der Waals surface area contributed by atoms with Crippen LogP contribution in [0.15, 0.2) is 42.5 Å². The second-order valence-electron chi connectivity index (χ2n) is 5.90. The summed E-state index contributed by atoms with van der Waals surface area (Å²) >= 11 is 5.92. The van der Waals surface area contributed by atoms with Gasteiger partial charge in [0.05, 0.1) is 0 Å². The SMILES string of the molecule is C[C@H](Oc1ccc2c(c1)CCCC2)C(=O)Nc1cccc(Cl)c1. The zero-order chi connectivity index (χ0) is 16.2. The van der Waals surface area contributed by atoms with Crippen LogP contribution in [0, 0.1) is 0 Å². The topological polar surface area (TPSA) is 38.3 Å². The van der Waals surface area contributed by atoms with Gasteiger partial charge in [-0.1, -0.05) is 23.7 Å². The van der Waals surface area contributed by atoms with Gasteiger partial charge < -0.3 is 10.1 Å². The molecule has 1 N–H and O–H groups in total. The maximum atomic E-state index is 12.2. The molecule has 0 bridgehead atoms. The molecule has 0 unspecified atom stereocenters. The summed E-state index contributed by atoms with van der Waals surface area (Å²) in [4.78, 5) is 12.2. The third-order valence-corrected chi connectivity index (χ3v) is 4.33. The van der Waals surface area contributed by atoms with E-state index in [-0.39, 0.29) is 5.91 Å². The Labute approximate surface area is 141 Å². The lowest BCUT2D eigenvalue weighted by Gasteiger charge is -2.19. The van der Waals surface area contributed by atoms with Crippen molar-refractivity contribution in [1.29, 1.82) is 0 Å². The molecule has 3 nitrogen and oxygen atoms in total. The third-order valence-electron chi connectivity index (χ3n) is 4.09. The van der Waals surface area contributed by atoms with E-state index in [9.17, 15) is 4.79 Å². The zero-order valence-electron chi connectivity index (χ0n) is 13.1. The number of benzene rings is 2. The van der Waals surface area contributed by atoms with Crippen LogP contribution in [0.25, 0.3) is 0 Å². The van der Waals surface area contributed by atoms with Crippen LogP contribution in [0.3, 0.4) is 0 Å². The van der Waals surface area contributed by atoms with Gasteiger partial charge in [0.2, 0.25) is 0 Å². The van der Waals surface area contributed by atoms with Gasteiger partial charge in [0.15, 0.2) is 6.10 Å². The summed E-state index contributed by atoms with van der Waals surface area (Å²) in [5, 5.41) is 3.41. The number of fused-ring (bicyclic) bond motifs is 1. The second-order valence-corrected chi connectivity index (χ2v) is 6.33. The van der Waals surface area contributed by atoms with Crippen LogP contribution >= 0.6 is 11.6 Å². The normalized spacial score (nSPS) is 14.7. The van der Waals surface area contributed by atoms with E-state index in [0.29, 0.717) is 10.7 Å². The molecule has 0 radical (unpaired) electrons. The molecule has 0 aromatic heterocycles. The average Bonchev–Trinajstić information content (AvgIpc) is 2.54. The molecule has 0 saturated carbocycles. The molecule has 0 aliphatic heterocycles. The fraction of sp³-hybridized carbons (Fsp3) is 0.316. The summed E-state index contributed by atoms with van der Waals surface area (Å²) in [6, 6.07) is 13.2. The Kier molecular flexibility index (Phi) is 4.87. The molecule has 3 rings (SSSR count). The van der Waals surface area contributed by atoms with Crippen molar-refractivity contribution in [2.24, 2.45) is 0 Å². The summed E-state index contributed by atoms with van der Waals surface area (Å²) in [7, 11) is 0. The Morgan fingerprint density at radius 3 is 2.70 bits per heavy atom. The maximum absolute atomic E-state index is 12.2. The Morgan fingerprint density at radius 1 is 1.13 bits per heavy atom. The van der Waals surface area contributed by atoms with Crippen molar-refractivity contribution in [3.05, 3.63) is 58.6 Å². The summed E-state index contributed by atoms with van der Waals surface area (Å²) < 4.78 is 5.80. The number of aryl methyl sites for hydroxylation is 2. The van der Waals surface area contributed by atoms with Crippen molar-refractivity contribution < 1.29 is 9.53 Å². The van der Waals surface area contributed by atoms with Crippen molar-refractivity contribution in [3.63, 3.8) is 0 Å². The molecule has 4 heteroatoms. The van der Waals surface area contributed by atoms with Gasteiger partial charge in [0, 0.05) is 10.7 Å². The van der Waals surface area contributed by atoms with Gasteiger partial charge in [-0.05, 0) is 74.1 Å². The van der Waals surface area contributed by atoms with E-state index in [0.717, 1.165) is 18.6 Å². The minimum atomic E-state index is -0.573. The lowest BCUT2D eigenvalue weighted by atomic mass is 9.92. The molecule has 1 aliphatic rings. The summed E-state index contributed by atoms with van der Waals surface area (Å²) in [5.41, 5.74) is 3.42. The first kappa shape index (κ1) is 15.9. The number of halogens is 1.